The number of rotatable bonds is 5. The summed E-state index contributed by atoms with van der Waals surface area (Å²) < 4.78 is 26.9. The van der Waals surface area contributed by atoms with Crippen molar-refractivity contribution in [3.63, 3.8) is 0 Å². The summed E-state index contributed by atoms with van der Waals surface area (Å²) in [7, 11) is -1.10. The van der Waals surface area contributed by atoms with Crippen LogP contribution in [-0.2, 0) is 10.0 Å². The molecular formula is C11H23N3O2S. The molecule has 0 aromatic heterocycles. The van der Waals surface area contributed by atoms with Crippen molar-refractivity contribution in [1.29, 1.82) is 0 Å². The summed E-state index contributed by atoms with van der Waals surface area (Å²) in [6, 6.07) is 0. The summed E-state index contributed by atoms with van der Waals surface area (Å²) >= 11 is 0. The van der Waals surface area contributed by atoms with Crippen LogP contribution < -0.4 is 10.5 Å². The van der Waals surface area contributed by atoms with E-state index in [1.54, 1.807) is 0 Å². The van der Waals surface area contributed by atoms with E-state index < -0.39 is 15.6 Å². The quantitative estimate of drug-likeness (QED) is 0.715. The van der Waals surface area contributed by atoms with Crippen LogP contribution in [0.2, 0.25) is 0 Å². The minimum atomic E-state index is -3.15. The highest BCUT2D eigenvalue weighted by molar-refractivity contribution is 7.89. The number of nitrogens with zero attached hydrogens (tertiary/aromatic N) is 1. The predicted molar refractivity (Wildman–Crippen MR) is 68.2 cm³/mol. The van der Waals surface area contributed by atoms with Gasteiger partial charge in [0.05, 0.1) is 5.75 Å². The van der Waals surface area contributed by atoms with Crippen molar-refractivity contribution in [2.45, 2.75) is 31.2 Å². The lowest BCUT2D eigenvalue weighted by molar-refractivity contribution is 0.182. The van der Waals surface area contributed by atoms with Gasteiger partial charge in [0.15, 0.2) is 0 Å². The molecule has 0 unspecified atom stereocenters. The molecule has 1 heterocycles. The first-order valence-electron chi connectivity index (χ1n) is 6.35. The van der Waals surface area contributed by atoms with Crippen LogP contribution in [-0.4, -0.2) is 51.3 Å². The summed E-state index contributed by atoms with van der Waals surface area (Å²) in [5, 5.41) is 0. The lowest BCUT2D eigenvalue weighted by Crippen LogP contribution is -2.59. The Bertz CT molecular complexity index is 357. The largest absolute Gasteiger partial charge is 0.329 e. The molecule has 3 N–H and O–H groups in total. The molecule has 6 heteroatoms. The third-order valence-corrected chi connectivity index (χ3v) is 5.51. The summed E-state index contributed by atoms with van der Waals surface area (Å²) in [6.45, 7) is 2.21. The number of nitrogens with two attached hydrogens (primary N) is 1. The maximum atomic E-state index is 12.0. The van der Waals surface area contributed by atoms with Gasteiger partial charge in [0.2, 0.25) is 10.0 Å². The average molecular weight is 261 g/mol. The van der Waals surface area contributed by atoms with Gasteiger partial charge in [-0.15, -0.1) is 0 Å². The normalized spacial score (nSPS) is 26.0. The standard InChI is InChI=1S/C11H23N3O2S/c1-14-6-4-11(9-12,5-7-14)13-17(15,16)8-10-2-3-10/h10,13H,2-9,12H2,1H3. The van der Waals surface area contributed by atoms with Gasteiger partial charge < -0.3 is 10.6 Å². The molecule has 17 heavy (non-hydrogen) atoms. The van der Waals surface area contributed by atoms with Crippen molar-refractivity contribution in [2.75, 3.05) is 32.4 Å². The minimum absolute atomic E-state index is 0.282. The number of hydrogen-bond donors (Lipinski definition) is 2. The molecule has 2 fully saturated rings. The molecule has 5 nitrogen and oxygen atoms in total. The average Bonchev–Trinajstić information content (AvgIpc) is 3.04. The van der Waals surface area contributed by atoms with Gasteiger partial charge in [-0.25, -0.2) is 13.1 Å². The fraction of sp³-hybridized carbons (Fsp3) is 1.00. The predicted octanol–water partition coefficient (Wildman–Crippen LogP) is -0.261. The molecule has 0 aromatic carbocycles. The van der Waals surface area contributed by atoms with Crippen LogP contribution >= 0.6 is 0 Å². The van der Waals surface area contributed by atoms with Crippen molar-refractivity contribution in [3.05, 3.63) is 0 Å². The van der Waals surface area contributed by atoms with E-state index in [0.29, 0.717) is 12.5 Å². The van der Waals surface area contributed by atoms with E-state index >= 15 is 0 Å². The van der Waals surface area contributed by atoms with Crippen LogP contribution in [0.5, 0.6) is 0 Å². The van der Waals surface area contributed by atoms with Crippen LogP contribution in [0.1, 0.15) is 25.7 Å². The molecule has 0 radical (unpaired) electrons. The van der Waals surface area contributed by atoms with E-state index in [1.807, 2.05) is 0 Å². The van der Waals surface area contributed by atoms with Gasteiger partial charge in [0.1, 0.15) is 0 Å². The van der Waals surface area contributed by atoms with Crippen molar-refractivity contribution in [1.82, 2.24) is 9.62 Å². The molecule has 0 bridgehead atoms. The van der Waals surface area contributed by atoms with E-state index in [-0.39, 0.29) is 5.75 Å². The first kappa shape index (κ1) is 13.3. The molecule has 0 amide bonds. The van der Waals surface area contributed by atoms with Crippen molar-refractivity contribution in [3.8, 4) is 0 Å². The van der Waals surface area contributed by atoms with E-state index in [9.17, 15) is 8.42 Å². The Morgan fingerprint density at radius 1 is 1.35 bits per heavy atom. The Balaban J connectivity index is 1.98. The lowest BCUT2D eigenvalue weighted by Gasteiger charge is -2.40. The second-order valence-electron chi connectivity index (χ2n) is 5.61. The zero-order chi connectivity index (χ0) is 12.5. The molecule has 0 aromatic rings. The summed E-state index contributed by atoms with van der Waals surface area (Å²) in [4.78, 5) is 2.21. The fourth-order valence-electron chi connectivity index (χ4n) is 2.36. The Kier molecular flexibility index (Phi) is 3.77. The van der Waals surface area contributed by atoms with Gasteiger partial charge in [-0.2, -0.15) is 0 Å². The molecule has 100 valence electrons. The highest BCUT2D eigenvalue weighted by Gasteiger charge is 2.38. The second kappa shape index (κ2) is 4.84. The van der Waals surface area contributed by atoms with E-state index in [1.165, 1.54) is 0 Å². The zero-order valence-corrected chi connectivity index (χ0v) is 11.3. The van der Waals surface area contributed by atoms with Gasteiger partial charge in [0.25, 0.3) is 0 Å². The minimum Gasteiger partial charge on any atom is -0.329 e. The fourth-order valence-corrected chi connectivity index (χ4v) is 4.35. The van der Waals surface area contributed by atoms with Crippen LogP contribution in [0, 0.1) is 5.92 Å². The van der Waals surface area contributed by atoms with E-state index in [2.05, 4.69) is 16.7 Å². The molecule has 1 aliphatic carbocycles. The molecule has 1 saturated heterocycles. The number of sulfonamides is 1. The van der Waals surface area contributed by atoms with Gasteiger partial charge in [-0.1, -0.05) is 0 Å². The molecule has 0 atom stereocenters. The Hall–Kier alpha value is -0.170. The smallest absolute Gasteiger partial charge is 0.212 e. The number of hydrogen-bond acceptors (Lipinski definition) is 4. The molecule has 0 spiro atoms. The molecular weight excluding hydrogens is 238 g/mol. The highest BCUT2D eigenvalue weighted by Crippen LogP contribution is 2.31. The Labute approximate surface area is 104 Å². The third kappa shape index (κ3) is 3.64. The van der Waals surface area contributed by atoms with Crippen molar-refractivity contribution < 1.29 is 8.42 Å². The summed E-state index contributed by atoms with van der Waals surface area (Å²) in [6.07, 6.45) is 3.73. The molecule has 1 aliphatic heterocycles. The van der Waals surface area contributed by atoms with Crippen molar-refractivity contribution >= 4 is 10.0 Å². The summed E-state index contributed by atoms with van der Waals surface area (Å²) in [5.41, 5.74) is 5.39. The van der Waals surface area contributed by atoms with Gasteiger partial charge in [-0.05, 0) is 51.7 Å². The van der Waals surface area contributed by atoms with Gasteiger partial charge in [-0.3, -0.25) is 0 Å². The van der Waals surface area contributed by atoms with E-state index in [4.69, 9.17) is 5.73 Å². The highest BCUT2D eigenvalue weighted by atomic mass is 32.2. The second-order valence-corrected chi connectivity index (χ2v) is 7.38. The van der Waals surface area contributed by atoms with Crippen LogP contribution in [0.3, 0.4) is 0 Å². The maximum absolute atomic E-state index is 12.0. The van der Waals surface area contributed by atoms with Crippen LogP contribution in [0.25, 0.3) is 0 Å². The monoisotopic (exact) mass is 261 g/mol. The van der Waals surface area contributed by atoms with Crippen LogP contribution in [0.4, 0.5) is 0 Å². The lowest BCUT2D eigenvalue weighted by atomic mass is 9.89. The van der Waals surface area contributed by atoms with Gasteiger partial charge in [0, 0.05) is 12.1 Å². The van der Waals surface area contributed by atoms with E-state index in [0.717, 1.165) is 38.8 Å². The topological polar surface area (TPSA) is 75.4 Å². The molecule has 2 aliphatic rings. The van der Waals surface area contributed by atoms with Crippen molar-refractivity contribution in [2.24, 2.45) is 11.7 Å². The first-order chi connectivity index (χ1) is 7.95. The van der Waals surface area contributed by atoms with Gasteiger partial charge >= 0.3 is 0 Å². The molecule has 1 saturated carbocycles. The maximum Gasteiger partial charge on any atom is 0.212 e. The Morgan fingerprint density at radius 3 is 2.41 bits per heavy atom. The number of likely N-dealkylation sites (tertiary alicyclic amines) is 1. The number of piperidine rings is 1. The SMILES string of the molecule is CN1CCC(CN)(NS(=O)(=O)CC2CC2)CC1. The first-order valence-corrected chi connectivity index (χ1v) is 8.00. The zero-order valence-electron chi connectivity index (χ0n) is 10.5. The summed E-state index contributed by atoms with van der Waals surface area (Å²) in [5.74, 6) is 0.665. The molecule has 2 rings (SSSR count). The third-order valence-electron chi connectivity index (χ3n) is 3.86. The van der Waals surface area contributed by atoms with Crippen LogP contribution in [0.15, 0.2) is 0 Å². The number of nitrogens with one attached hydrogen (secondary N) is 1. The Morgan fingerprint density at radius 2 is 1.94 bits per heavy atom.